The Labute approximate surface area is 544 Å². The molecule has 0 unspecified atom stereocenters. The number of aliphatic hydroxyl groups is 1. The standard InChI is InChI=1S/C59H96N20O13S/c1-34(2)27-41(74-49(83)39(17-10-23-68-59(64)65)72-55(89)46-19-12-25-79(46)56(90)37(61)15-9-22-67-58(62)63)51(85)77-44(32-80)53(87)75-42(29-36-30-66-33-70-36)52(86)71-38(16-7-8-21-60)48(82)69-31-47(81)78-24-11-18-45(78)54(88)73-40(20-26-93-3)50(84)76-43(57(91)92)28-35-13-5-4-6-14-35/h4-6,13-14,30,33-34,37-46,80H,7-12,15-29,31-32,60-61H2,1-3H3,(H,66,70)(H,69,82)(H,71,86)(H,72,89)(H,73,88)(H,74,83)(H,75,87)(H,76,84)(H,77,85)(H,91,92)(H4,62,63,67)(H4,64,65,68)/t37-,38-,39-,40-,41-,42-,43-,44-,45-,46-/m0/s1. The Kier molecular flexibility index (Phi) is 33.3. The quantitative estimate of drug-likeness (QED) is 0.0169. The third-order valence-corrected chi connectivity index (χ3v) is 16.1. The third-order valence-electron chi connectivity index (χ3n) is 15.5. The number of hydrogen-bond donors (Lipinski definition) is 17. The molecule has 4 rings (SSSR count). The second kappa shape index (κ2) is 40.4. The summed E-state index contributed by atoms with van der Waals surface area (Å²) in [7, 11) is 0. The van der Waals surface area contributed by atoms with E-state index in [0.29, 0.717) is 49.1 Å². The van der Waals surface area contributed by atoms with Crippen LogP contribution in [-0.4, -0.2) is 225 Å². The maximum absolute atomic E-state index is 14.4. The van der Waals surface area contributed by atoms with Gasteiger partial charge in [0, 0.05) is 50.9 Å². The fraction of sp³-hybridized carbons (Fsp3) is 0.627. The van der Waals surface area contributed by atoms with Crippen molar-refractivity contribution in [3.63, 3.8) is 0 Å². The van der Waals surface area contributed by atoms with Crippen LogP contribution >= 0.6 is 11.8 Å². The van der Waals surface area contributed by atoms with Gasteiger partial charge in [0.25, 0.3) is 0 Å². The number of nitrogens with zero attached hydrogens (tertiary/aromatic N) is 5. The van der Waals surface area contributed by atoms with Gasteiger partial charge in [-0.05, 0) is 114 Å². The summed E-state index contributed by atoms with van der Waals surface area (Å²) >= 11 is 1.41. The number of nitrogens with two attached hydrogens (primary N) is 6. The number of aliphatic hydroxyl groups excluding tert-OH is 1. The van der Waals surface area contributed by atoms with Gasteiger partial charge in [-0.1, -0.05) is 44.2 Å². The first kappa shape index (κ1) is 76.8. The lowest BCUT2D eigenvalue weighted by Crippen LogP contribution is -2.61. The number of aromatic amines is 1. The molecule has 33 nitrogen and oxygen atoms in total. The van der Waals surface area contributed by atoms with Crippen LogP contribution in [0.3, 0.4) is 0 Å². The number of guanidine groups is 2. The number of aliphatic carboxylic acids is 1. The highest BCUT2D eigenvalue weighted by molar-refractivity contribution is 7.98. The molecular formula is C59H96N20O13S. The molecule has 2 saturated heterocycles. The van der Waals surface area contributed by atoms with Gasteiger partial charge in [0.15, 0.2) is 11.9 Å². The van der Waals surface area contributed by atoms with Crippen molar-refractivity contribution in [2.75, 3.05) is 57.9 Å². The number of rotatable bonds is 41. The van der Waals surface area contributed by atoms with Gasteiger partial charge in [0.2, 0.25) is 59.1 Å². The number of aromatic nitrogens is 2. The summed E-state index contributed by atoms with van der Waals surface area (Å²) < 4.78 is 0. The van der Waals surface area contributed by atoms with E-state index in [9.17, 15) is 63.0 Å². The zero-order valence-corrected chi connectivity index (χ0v) is 54.0. The van der Waals surface area contributed by atoms with E-state index in [1.54, 1.807) is 44.2 Å². The average molecular weight is 1330 g/mol. The number of carbonyl (C=O) groups excluding carboxylic acids is 10. The molecule has 0 aliphatic carbocycles. The molecule has 0 saturated carbocycles. The SMILES string of the molecule is CSCC[C@H](NC(=O)[C@@H]1CCCN1C(=O)CNC(=O)[C@H](CCCCN)NC(=O)[C@H](Cc1cnc[nH]1)NC(=O)[C@H](CO)NC(=O)[C@H](CC(C)C)NC(=O)[C@H](CCCN=C(N)N)NC(=O)[C@@H]1CCCN1C(=O)[C@@H](N)CCCN=C(N)N)C(=O)N[C@@H](Cc1ccccc1)C(=O)O. The number of likely N-dealkylation sites (tertiary alicyclic amines) is 2. The zero-order chi connectivity index (χ0) is 68.6. The summed E-state index contributed by atoms with van der Waals surface area (Å²) in [6.07, 6.45) is 7.41. The first-order valence-electron chi connectivity index (χ1n) is 31.3. The number of nitrogens with one attached hydrogen (secondary N) is 9. The molecular weight excluding hydrogens is 1230 g/mol. The molecule has 0 spiro atoms. The highest BCUT2D eigenvalue weighted by atomic mass is 32.2. The Bertz CT molecular complexity index is 2840. The molecule has 10 amide bonds. The molecule has 0 radical (unpaired) electrons. The van der Waals surface area contributed by atoms with Crippen LogP contribution in [0.15, 0.2) is 52.8 Å². The van der Waals surface area contributed by atoms with E-state index in [-0.39, 0.29) is 115 Å². The molecule has 516 valence electrons. The number of unbranched alkanes of at least 4 members (excludes halogenated alkanes) is 1. The minimum Gasteiger partial charge on any atom is -0.480 e. The molecule has 2 aliphatic heterocycles. The van der Waals surface area contributed by atoms with Gasteiger partial charge in [0.1, 0.15) is 54.4 Å². The van der Waals surface area contributed by atoms with Gasteiger partial charge in [-0.15, -0.1) is 0 Å². The van der Waals surface area contributed by atoms with E-state index in [2.05, 4.69) is 62.5 Å². The molecule has 34 heteroatoms. The topological polar surface area (TPSA) is 540 Å². The predicted molar refractivity (Wildman–Crippen MR) is 346 cm³/mol. The highest BCUT2D eigenvalue weighted by Crippen LogP contribution is 2.21. The zero-order valence-electron chi connectivity index (χ0n) is 53.1. The monoisotopic (exact) mass is 1320 g/mol. The van der Waals surface area contributed by atoms with Gasteiger partial charge in [0.05, 0.1) is 25.5 Å². The predicted octanol–water partition coefficient (Wildman–Crippen LogP) is -4.87. The summed E-state index contributed by atoms with van der Waals surface area (Å²) in [5, 5.41) is 41.5. The first-order chi connectivity index (χ1) is 44.4. The summed E-state index contributed by atoms with van der Waals surface area (Å²) in [5.41, 5.74) is 34.9. The number of benzene rings is 1. The lowest BCUT2D eigenvalue weighted by Gasteiger charge is -2.29. The van der Waals surface area contributed by atoms with Crippen molar-refractivity contribution in [1.82, 2.24) is 62.3 Å². The molecule has 2 aromatic rings. The van der Waals surface area contributed by atoms with Crippen LogP contribution in [0.2, 0.25) is 0 Å². The lowest BCUT2D eigenvalue weighted by molar-refractivity contribution is -0.143. The second-order valence-corrected chi connectivity index (χ2v) is 24.3. The Balaban J connectivity index is 1.46. The first-order valence-corrected chi connectivity index (χ1v) is 32.7. The van der Waals surface area contributed by atoms with Crippen molar-refractivity contribution in [2.45, 2.75) is 171 Å². The Hall–Kier alpha value is -8.63. The number of carboxylic acids is 1. The Morgan fingerprint density at radius 3 is 1.73 bits per heavy atom. The third kappa shape index (κ3) is 26.5. The van der Waals surface area contributed by atoms with Crippen LogP contribution in [0.1, 0.15) is 109 Å². The number of carbonyl (C=O) groups is 11. The number of imidazole rings is 1. The van der Waals surface area contributed by atoms with E-state index in [1.807, 2.05) is 6.26 Å². The summed E-state index contributed by atoms with van der Waals surface area (Å²) in [4.78, 5) is 169. The summed E-state index contributed by atoms with van der Waals surface area (Å²) in [6, 6.07) is -3.86. The van der Waals surface area contributed by atoms with Crippen LogP contribution in [0.4, 0.5) is 0 Å². The molecule has 2 aliphatic rings. The van der Waals surface area contributed by atoms with Gasteiger partial charge < -0.3 is 102 Å². The van der Waals surface area contributed by atoms with Crippen LogP contribution in [0.5, 0.6) is 0 Å². The number of hydrogen-bond acceptors (Lipinski definition) is 18. The van der Waals surface area contributed by atoms with Crippen LogP contribution in [0, 0.1) is 5.92 Å². The molecule has 23 N–H and O–H groups in total. The largest absolute Gasteiger partial charge is 0.480 e. The van der Waals surface area contributed by atoms with E-state index in [1.165, 1.54) is 34.1 Å². The molecule has 1 aromatic carbocycles. The normalized spacial score (nSPS) is 17.0. The summed E-state index contributed by atoms with van der Waals surface area (Å²) in [5.74, 6) is -8.96. The van der Waals surface area contributed by atoms with Crippen LogP contribution in [0.25, 0.3) is 0 Å². The number of H-pyrrole nitrogens is 1. The minimum atomic E-state index is -1.72. The molecule has 2 fully saturated rings. The molecule has 93 heavy (non-hydrogen) atoms. The van der Waals surface area contributed by atoms with E-state index >= 15 is 0 Å². The summed E-state index contributed by atoms with van der Waals surface area (Å²) in [6.45, 7) is 2.86. The van der Waals surface area contributed by atoms with Gasteiger partial charge >= 0.3 is 5.97 Å². The van der Waals surface area contributed by atoms with E-state index in [4.69, 9.17) is 34.4 Å². The van der Waals surface area contributed by atoms with Crippen LogP contribution in [-0.2, 0) is 65.6 Å². The van der Waals surface area contributed by atoms with Crippen molar-refractivity contribution in [3.8, 4) is 0 Å². The van der Waals surface area contributed by atoms with Crippen molar-refractivity contribution < 1.29 is 63.0 Å². The van der Waals surface area contributed by atoms with Crippen molar-refractivity contribution >= 4 is 88.7 Å². The van der Waals surface area contributed by atoms with E-state index < -0.39 is 139 Å². The van der Waals surface area contributed by atoms with Gasteiger partial charge in [-0.25, -0.2) is 9.78 Å². The molecule has 3 heterocycles. The molecule has 1 aromatic heterocycles. The fourth-order valence-corrected chi connectivity index (χ4v) is 11.1. The van der Waals surface area contributed by atoms with Crippen molar-refractivity contribution in [2.24, 2.45) is 50.3 Å². The van der Waals surface area contributed by atoms with Crippen molar-refractivity contribution in [1.29, 1.82) is 0 Å². The van der Waals surface area contributed by atoms with E-state index in [0.717, 1.165) is 0 Å². The lowest BCUT2D eigenvalue weighted by atomic mass is 10.0. The number of carboxylic acid groups (broad SMARTS) is 1. The minimum absolute atomic E-state index is 0.00307. The fourth-order valence-electron chi connectivity index (χ4n) is 10.6. The molecule has 10 atom stereocenters. The maximum Gasteiger partial charge on any atom is 0.326 e. The van der Waals surface area contributed by atoms with Gasteiger partial charge in [-0.3, -0.25) is 57.9 Å². The number of amides is 10. The Morgan fingerprint density at radius 1 is 0.645 bits per heavy atom. The maximum atomic E-state index is 14.4. The number of aliphatic imine (C=N–C) groups is 2. The van der Waals surface area contributed by atoms with Crippen molar-refractivity contribution in [3.05, 3.63) is 54.1 Å². The smallest absolute Gasteiger partial charge is 0.326 e. The van der Waals surface area contributed by atoms with Gasteiger partial charge in [-0.2, -0.15) is 11.8 Å². The van der Waals surface area contributed by atoms with Crippen LogP contribution < -0.4 is 76.9 Å². The number of thioether (sulfide) groups is 1. The highest BCUT2D eigenvalue weighted by Gasteiger charge is 2.40. The average Bonchev–Trinajstić information content (AvgIpc) is 1.84. The molecule has 0 bridgehead atoms. The Morgan fingerprint density at radius 2 is 1.16 bits per heavy atom. The second-order valence-electron chi connectivity index (χ2n) is 23.3.